The van der Waals surface area contributed by atoms with E-state index in [1.54, 1.807) is 11.1 Å². The molecule has 1 aromatic carbocycles. The second-order valence-electron chi connectivity index (χ2n) is 9.40. The molecule has 1 aliphatic rings. The minimum atomic E-state index is -1.02. The molecule has 7 heteroatoms. The van der Waals surface area contributed by atoms with Crippen LogP contribution in [0, 0.1) is 10.8 Å². The van der Waals surface area contributed by atoms with E-state index in [4.69, 9.17) is 10.8 Å². The maximum atomic E-state index is 10.8. The van der Waals surface area contributed by atoms with E-state index in [-0.39, 0.29) is 18.7 Å². The summed E-state index contributed by atoms with van der Waals surface area (Å²) in [4.78, 5) is 10.6. The summed E-state index contributed by atoms with van der Waals surface area (Å²) in [5, 5.41) is 29.9. The fraction of sp³-hybridized carbons (Fsp3) is 0.308. The Morgan fingerprint density at radius 1 is 1.15 bits per heavy atom. The first-order valence-corrected chi connectivity index (χ1v) is 11.1. The standard InChI is InChI=1S/C26H30N6O.H2/c1-26(2,3)23-10-7-19(15-30-23)17-11-12-29-22(14-17)25(33)31-20-6-4-5-18(13-20)24(28)32(16-27)21-8-9-21;/h4-7,10-16,21,25,27-28,31,33H,8-9H2,1-3H3;1H. The van der Waals surface area contributed by atoms with Gasteiger partial charge in [-0.15, -0.1) is 0 Å². The van der Waals surface area contributed by atoms with Crippen molar-refractivity contribution in [2.24, 2.45) is 0 Å². The van der Waals surface area contributed by atoms with Crippen LogP contribution in [0.5, 0.6) is 0 Å². The molecule has 0 bridgehead atoms. The number of hydrogen-bond acceptors (Lipinski definition) is 6. The maximum Gasteiger partial charge on any atom is 0.168 e. The van der Waals surface area contributed by atoms with Crippen molar-refractivity contribution in [2.45, 2.75) is 51.3 Å². The summed E-state index contributed by atoms with van der Waals surface area (Å²) >= 11 is 0. The van der Waals surface area contributed by atoms with Gasteiger partial charge in [0, 0.05) is 47.8 Å². The highest BCUT2D eigenvalue weighted by Crippen LogP contribution is 2.28. The maximum absolute atomic E-state index is 10.8. The average Bonchev–Trinajstić information content (AvgIpc) is 3.64. The molecule has 1 atom stereocenters. The van der Waals surface area contributed by atoms with Crippen molar-refractivity contribution in [3.8, 4) is 11.1 Å². The predicted octanol–water partition coefficient (Wildman–Crippen LogP) is 5.19. The molecular formula is C26H32N6O. The SMILES string of the molecule is CC(C)(C)c1ccc(-c2ccnc(C(O)Nc3cccc(C(=N)N(C=N)C4CC4)c3)c2)cn1.[HH]. The van der Waals surface area contributed by atoms with E-state index in [1.807, 2.05) is 54.7 Å². The first kappa shape index (κ1) is 22.6. The molecule has 4 rings (SSSR count). The van der Waals surface area contributed by atoms with E-state index < -0.39 is 6.23 Å². The van der Waals surface area contributed by atoms with Crippen LogP contribution in [0.2, 0.25) is 0 Å². The van der Waals surface area contributed by atoms with E-state index in [2.05, 4.69) is 36.1 Å². The van der Waals surface area contributed by atoms with Gasteiger partial charge in [-0.1, -0.05) is 39.0 Å². The van der Waals surface area contributed by atoms with Gasteiger partial charge in [-0.05, 0) is 48.7 Å². The van der Waals surface area contributed by atoms with Crippen molar-refractivity contribution >= 4 is 17.9 Å². The molecule has 33 heavy (non-hydrogen) atoms. The lowest BCUT2D eigenvalue weighted by Crippen LogP contribution is -2.31. The molecule has 172 valence electrons. The Labute approximate surface area is 196 Å². The Kier molecular flexibility index (Phi) is 6.24. The third-order valence-corrected chi connectivity index (χ3v) is 5.70. The van der Waals surface area contributed by atoms with Crippen molar-refractivity contribution < 1.29 is 6.53 Å². The Bertz CT molecular complexity index is 1150. The van der Waals surface area contributed by atoms with Gasteiger partial charge in [0.25, 0.3) is 0 Å². The number of aliphatic hydroxyl groups excluding tert-OH is 1. The van der Waals surface area contributed by atoms with E-state index in [9.17, 15) is 5.11 Å². The number of aromatic nitrogens is 2. The van der Waals surface area contributed by atoms with Crippen molar-refractivity contribution in [1.82, 2.24) is 14.9 Å². The van der Waals surface area contributed by atoms with Gasteiger partial charge in [-0.2, -0.15) is 0 Å². The number of rotatable bonds is 7. The van der Waals surface area contributed by atoms with Gasteiger partial charge < -0.3 is 15.3 Å². The number of nitrogens with zero attached hydrogens (tertiary/aromatic N) is 3. The summed E-state index contributed by atoms with van der Waals surface area (Å²) in [5.41, 5.74) is 4.75. The molecule has 1 saturated carbocycles. The average molecular weight is 445 g/mol. The molecule has 2 aromatic heterocycles. The molecule has 0 aliphatic heterocycles. The predicted molar refractivity (Wildman–Crippen MR) is 134 cm³/mol. The molecule has 0 amide bonds. The van der Waals surface area contributed by atoms with Crippen LogP contribution in [0.1, 0.15) is 58.2 Å². The van der Waals surface area contributed by atoms with Crippen LogP contribution in [0.4, 0.5) is 5.69 Å². The molecule has 0 saturated heterocycles. The van der Waals surface area contributed by atoms with Crippen molar-refractivity contribution in [3.05, 3.63) is 77.9 Å². The number of nitrogens with one attached hydrogen (secondary N) is 3. The first-order chi connectivity index (χ1) is 15.8. The van der Waals surface area contributed by atoms with E-state index >= 15 is 0 Å². The monoisotopic (exact) mass is 444 g/mol. The third kappa shape index (κ3) is 5.26. The van der Waals surface area contributed by atoms with Crippen LogP contribution < -0.4 is 5.32 Å². The lowest BCUT2D eigenvalue weighted by Gasteiger charge is -2.20. The van der Waals surface area contributed by atoms with Crippen LogP contribution in [0.15, 0.2) is 60.9 Å². The van der Waals surface area contributed by atoms with Crippen LogP contribution >= 0.6 is 0 Å². The van der Waals surface area contributed by atoms with Crippen molar-refractivity contribution in [2.75, 3.05) is 5.32 Å². The Hall–Kier alpha value is -3.58. The van der Waals surface area contributed by atoms with Crippen molar-refractivity contribution in [3.63, 3.8) is 0 Å². The van der Waals surface area contributed by atoms with E-state index in [0.717, 1.165) is 29.7 Å². The van der Waals surface area contributed by atoms with Crippen LogP contribution in [0.25, 0.3) is 11.1 Å². The van der Waals surface area contributed by atoms with Gasteiger partial charge in [0.15, 0.2) is 6.23 Å². The summed E-state index contributed by atoms with van der Waals surface area (Å²) in [6, 6.07) is 15.4. The summed E-state index contributed by atoms with van der Waals surface area (Å²) in [7, 11) is 0. The second-order valence-corrected chi connectivity index (χ2v) is 9.40. The smallest absolute Gasteiger partial charge is 0.168 e. The fourth-order valence-electron chi connectivity index (χ4n) is 3.63. The van der Waals surface area contributed by atoms with Gasteiger partial charge in [-0.25, -0.2) is 0 Å². The van der Waals surface area contributed by atoms with Gasteiger partial charge >= 0.3 is 0 Å². The molecule has 1 unspecified atom stereocenters. The van der Waals surface area contributed by atoms with Gasteiger partial charge in [0.2, 0.25) is 0 Å². The molecule has 3 aromatic rings. The first-order valence-electron chi connectivity index (χ1n) is 11.1. The molecule has 4 N–H and O–H groups in total. The fourth-order valence-corrected chi connectivity index (χ4v) is 3.63. The number of benzene rings is 1. The van der Waals surface area contributed by atoms with Crippen LogP contribution in [0.3, 0.4) is 0 Å². The lowest BCUT2D eigenvalue weighted by atomic mass is 9.91. The molecule has 1 fully saturated rings. The van der Waals surface area contributed by atoms with Crippen LogP contribution in [-0.4, -0.2) is 38.2 Å². The van der Waals surface area contributed by atoms with Crippen molar-refractivity contribution in [1.29, 1.82) is 10.8 Å². The van der Waals surface area contributed by atoms with Crippen LogP contribution in [-0.2, 0) is 5.41 Å². The Balaban J connectivity index is 0.00000324. The Morgan fingerprint density at radius 3 is 2.58 bits per heavy atom. The number of amidine groups is 1. The highest BCUT2D eigenvalue weighted by Gasteiger charge is 2.30. The second kappa shape index (κ2) is 9.11. The number of anilines is 1. The minimum absolute atomic E-state index is 0. The largest absolute Gasteiger partial charge is 0.368 e. The topological polar surface area (TPSA) is 109 Å². The zero-order valence-corrected chi connectivity index (χ0v) is 19.2. The van der Waals surface area contributed by atoms with E-state index in [1.165, 1.54) is 6.34 Å². The normalized spacial score (nSPS) is 14.4. The lowest BCUT2D eigenvalue weighted by molar-refractivity contribution is 0.203. The summed E-state index contributed by atoms with van der Waals surface area (Å²) in [6.07, 6.45) is 5.74. The molecular weight excluding hydrogens is 412 g/mol. The quantitative estimate of drug-likeness (QED) is 0.228. The Morgan fingerprint density at radius 2 is 1.94 bits per heavy atom. The minimum Gasteiger partial charge on any atom is -0.368 e. The zero-order chi connectivity index (χ0) is 23.6. The summed E-state index contributed by atoms with van der Waals surface area (Å²) in [5.74, 6) is 0.289. The molecule has 0 spiro atoms. The molecule has 2 heterocycles. The molecule has 0 radical (unpaired) electrons. The molecule has 1 aliphatic carbocycles. The number of hydrogen-bond donors (Lipinski definition) is 4. The number of pyridine rings is 2. The van der Waals surface area contributed by atoms with E-state index in [0.29, 0.717) is 16.9 Å². The highest BCUT2D eigenvalue weighted by molar-refractivity contribution is 6.03. The van der Waals surface area contributed by atoms with Gasteiger partial charge in [0.05, 0.1) is 12.0 Å². The third-order valence-electron chi connectivity index (χ3n) is 5.70. The molecule has 7 nitrogen and oxygen atoms in total. The summed E-state index contributed by atoms with van der Waals surface area (Å²) in [6.45, 7) is 6.39. The summed E-state index contributed by atoms with van der Waals surface area (Å²) < 4.78 is 0. The highest BCUT2D eigenvalue weighted by atomic mass is 16.3. The van der Waals surface area contributed by atoms with Gasteiger partial charge in [0.1, 0.15) is 5.84 Å². The zero-order valence-electron chi connectivity index (χ0n) is 19.2. The van der Waals surface area contributed by atoms with Gasteiger partial charge in [-0.3, -0.25) is 20.8 Å². The number of aliphatic hydroxyl groups is 1.